The lowest BCUT2D eigenvalue weighted by molar-refractivity contribution is 0.587. The summed E-state index contributed by atoms with van der Waals surface area (Å²) < 4.78 is 26.3. The molecule has 1 aromatic heterocycles. The molecule has 0 aliphatic carbocycles. The van der Waals surface area contributed by atoms with Crippen molar-refractivity contribution in [3.63, 3.8) is 0 Å². The van der Waals surface area contributed by atoms with Crippen LogP contribution in [0.4, 0.5) is 14.6 Å². The van der Waals surface area contributed by atoms with Gasteiger partial charge >= 0.3 is 0 Å². The van der Waals surface area contributed by atoms with Crippen molar-refractivity contribution in [2.75, 3.05) is 5.32 Å². The number of anilines is 1. The van der Waals surface area contributed by atoms with Crippen LogP contribution in [-0.2, 0) is 6.54 Å². The minimum atomic E-state index is -0.514. The average molecular weight is 290 g/mol. The normalized spacial score (nSPS) is 10.4. The van der Waals surface area contributed by atoms with Crippen molar-refractivity contribution in [2.24, 2.45) is 0 Å². The van der Waals surface area contributed by atoms with Crippen molar-refractivity contribution < 1.29 is 8.78 Å². The third-order valence-corrected chi connectivity index (χ3v) is 2.63. The van der Waals surface area contributed by atoms with Crippen LogP contribution in [0.3, 0.4) is 0 Å². The molecule has 0 saturated carbocycles. The molecular weight excluding hydrogens is 283 g/mol. The van der Waals surface area contributed by atoms with Gasteiger partial charge in [-0.1, -0.05) is 11.6 Å². The van der Waals surface area contributed by atoms with Crippen LogP contribution < -0.4 is 5.32 Å². The van der Waals surface area contributed by atoms with Crippen LogP contribution in [0.2, 0.25) is 10.3 Å². The van der Waals surface area contributed by atoms with Crippen molar-refractivity contribution in [3.8, 4) is 0 Å². The number of nitrogens with one attached hydrogen (secondary N) is 1. The highest BCUT2D eigenvalue weighted by molar-refractivity contribution is 6.33. The van der Waals surface area contributed by atoms with Crippen LogP contribution >= 0.6 is 23.2 Å². The SMILES string of the molecule is Fc1ccc(F)c(CNc2nc(Cl)ncc2Cl)c1. The summed E-state index contributed by atoms with van der Waals surface area (Å²) in [6.07, 6.45) is 1.32. The van der Waals surface area contributed by atoms with Gasteiger partial charge in [-0.2, -0.15) is 4.98 Å². The van der Waals surface area contributed by atoms with Gasteiger partial charge in [0.25, 0.3) is 0 Å². The lowest BCUT2D eigenvalue weighted by atomic mass is 10.2. The van der Waals surface area contributed by atoms with E-state index in [9.17, 15) is 8.78 Å². The lowest BCUT2D eigenvalue weighted by Gasteiger charge is -2.08. The fourth-order valence-electron chi connectivity index (χ4n) is 1.33. The predicted octanol–water partition coefficient (Wildman–Crippen LogP) is 3.67. The van der Waals surface area contributed by atoms with Crippen molar-refractivity contribution in [3.05, 3.63) is 51.9 Å². The maximum Gasteiger partial charge on any atom is 0.224 e. The van der Waals surface area contributed by atoms with E-state index in [1.54, 1.807) is 0 Å². The molecule has 0 unspecified atom stereocenters. The smallest absolute Gasteiger partial charge is 0.224 e. The molecule has 0 aliphatic rings. The van der Waals surface area contributed by atoms with Crippen LogP contribution in [0.25, 0.3) is 0 Å². The van der Waals surface area contributed by atoms with E-state index in [1.807, 2.05) is 0 Å². The zero-order chi connectivity index (χ0) is 13.1. The van der Waals surface area contributed by atoms with E-state index >= 15 is 0 Å². The molecule has 2 aromatic rings. The van der Waals surface area contributed by atoms with Gasteiger partial charge in [0.15, 0.2) is 0 Å². The third-order valence-electron chi connectivity index (χ3n) is 2.17. The zero-order valence-corrected chi connectivity index (χ0v) is 10.4. The number of hydrogen-bond acceptors (Lipinski definition) is 3. The molecule has 18 heavy (non-hydrogen) atoms. The van der Waals surface area contributed by atoms with Crippen molar-refractivity contribution >= 4 is 29.0 Å². The molecule has 0 radical (unpaired) electrons. The Morgan fingerprint density at radius 2 is 2.00 bits per heavy atom. The Morgan fingerprint density at radius 3 is 2.78 bits per heavy atom. The van der Waals surface area contributed by atoms with Crippen LogP contribution in [-0.4, -0.2) is 9.97 Å². The molecule has 0 aliphatic heterocycles. The molecule has 0 bridgehead atoms. The van der Waals surface area contributed by atoms with E-state index in [4.69, 9.17) is 23.2 Å². The summed E-state index contributed by atoms with van der Waals surface area (Å²) in [7, 11) is 0. The summed E-state index contributed by atoms with van der Waals surface area (Å²) in [5.74, 6) is -0.763. The van der Waals surface area contributed by atoms with Crippen molar-refractivity contribution in [1.82, 2.24) is 9.97 Å². The number of nitrogens with zero attached hydrogens (tertiary/aromatic N) is 2. The minimum absolute atomic E-state index is 0.0154. The van der Waals surface area contributed by atoms with Crippen LogP contribution in [0.15, 0.2) is 24.4 Å². The standard InChI is InChI=1S/C11H7Cl2F2N3/c12-8-5-17-11(13)18-10(8)16-4-6-3-7(14)1-2-9(6)15/h1-3,5H,4H2,(H,16,17,18). The first kappa shape index (κ1) is 13.0. The Balaban J connectivity index is 2.16. The van der Waals surface area contributed by atoms with Gasteiger partial charge in [0.05, 0.1) is 6.20 Å². The van der Waals surface area contributed by atoms with Crippen molar-refractivity contribution in [1.29, 1.82) is 0 Å². The van der Waals surface area contributed by atoms with E-state index < -0.39 is 11.6 Å². The third kappa shape index (κ3) is 3.05. The number of rotatable bonds is 3. The molecule has 0 saturated heterocycles. The van der Waals surface area contributed by atoms with E-state index in [0.29, 0.717) is 0 Å². The summed E-state index contributed by atoms with van der Waals surface area (Å²) in [4.78, 5) is 7.51. The predicted molar refractivity (Wildman–Crippen MR) is 65.7 cm³/mol. The fourth-order valence-corrected chi connectivity index (χ4v) is 1.62. The highest BCUT2D eigenvalue weighted by Crippen LogP contribution is 2.20. The molecule has 0 spiro atoms. The van der Waals surface area contributed by atoms with Crippen molar-refractivity contribution in [2.45, 2.75) is 6.54 Å². The summed E-state index contributed by atoms with van der Waals surface area (Å²) in [5, 5.41) is 3.03. The largest absolute Gasteiger partial charge is 0.364 e. The molecule has 1 heterocycles. The molecule has 0 atom stereocenters. The summed E-state index contributed by atoms with van der Waals surface area (Å²) in [5.41, 5.74) is 0.167. The van der Waals surface area contributed by atoms with Gasteiger partial charge < -0.3 is 5.32 Å². The Morgan fingerprint density at radius 1 is 1.22 bits per heavy atom. The number of halogens is 4. The second-order valence-electron chi connectivity index (χ2n) is 3.42. The van der Waals surface area contributed by atoms with Crippen LogP contribution in [0.5, 0.6) is 0 Å². The molecule has 2 rings (SSSR count). The molecule has 1 aromatic carbocycles. The van der Waals surface area contributed by atoms with E-state index in [2.05, 4.69) is 15.3 Å². The molecule has 1 N–H and O–H groups in total. The first-order valence-corrected chi connectivity index (χ1v) is 5.67. The van der Waals surface area contributed by atoms with E-state index in [-0.39, 0.29) is 28.2 Å². The molecule has 7 heteroatoms. The first-order chi connectivity index (χ1) is 8.56. The summed E-state index contributed by atoms with van der Waals surface area (Å²) in [6.45, 7) is 0.0383. The van der Waals surface area contributed by atoms with Gasteiger partial charge in [-0.15, -0.1) is 0 Å². The van der Waals surface area contributed by atoms with Gasteiger partial charge in [-0.05, 0) is 29.8 Å². The maximum atomic E-state index is 13.4. The van der Waals surface area contributed by atoms with Gasteiger partial charge in [0.1, 0.15) is 22.5 Å². The quantitative estimate of drug-likeness (QED) is 0.876. The average Bonchev–Trinajstić information content (AvgIpc) is 2.34. The van der Waals surface area contributed by atoms with E-state index in [1.165, 1.54) is 6.20 Å². The highest BCUT2D eigenvalue weighted by Gasteiger charge is 2.07. The molecular formula is C11H7Cl2F2N3. The van der Waals surface area contributed by atoms with Crippen LogP contribution in [0, 0.1) is 11.6 Å². The Kier molecular flexibility index (Phi) is 3.93. The second-order valence-corrected chi connectivity index (χ2v) is 4.17. The zero-order valence-electron chi connectivity index (χ0n) is 8.92. The molecule has 3 nitrogen and oxygen atoms in total. The van der Waals surface area contributed by atoms with Gasteiger partial charge in [0, 0.05) is 12.1 Å². The van der Waals surface area contributed by atoms with Gasteiger partial charge in [-0.25, -0.2) is 13.8 Å². The Bertz CT molecular complexity index is 527. The second kappa shape index (κ2) is 5.46. The minimum Gasteiger partial charge on any atom is -0.364 e. The molecule has 0 amide bonds. The van der Waals surface area contributed by atoms with Gasteiger partial charge in [0.2, 0.25) is 5.28 Å². The summed E-state index contributed by atoms with van der Waals surface area (Å²) >= 11 is 11.4. The van der Waals surface area contributed by atoms with Crippen LogP contribution in [0.1, 0.15) is 5.56 Å². The molecule has 94 valence electrons. The fraction of sp³-hybridized carbons (Fsp3) is 0.0909. The topological polar surface area (TPSA) is 37.8 Å². The first-order valence-electron chi connectivity index (χ1n) is 4.92. The number of benzene rings is 1. The Labute approximate surface area is 112 Å². The highest BCUT2D eigenvalue weighted by atomic mass is 35.5. The summed E-state index contributed by atoms with van der Waals surface area (Å²) in [6, 6.07) is 3.20. The number of aromatic nitrogens is 2. The van der Waals surface area contributed by atoms with E-state index in [0.717, 1.165) is 18.2 Å². The number of hydrogen-bond donors (Lipinski definition) is 1. The maximum absolute atomic E-state index is 13.4. The van der Waals surface area contributed by atoms with Gasteiger partial charge in [-0.3, -0.25) is 0 Å². The lowest BCUT2D eigenvalue weighted by Crippen LogP contribution is -2.05. The monoisotopic (exact) mass is 289 g/mol. The Hall–Kier alpha value is -1.46. The molecule has 0 fully saturated rings.